The van der Waals surface area contributed by atoms with Crippen LogP contribution in [0.4, 0.5) is 0 Å². The highest BCUT2D eigenvalue weighted by molar-refractivity contribution is 7.09. The van der Waals surface area contributed by atoms with Gasteiger partial charge in [0.1, 0.15) is 0 Å². The molecule has 2 aromatic rings. The highest BCUT2D eigenvalue weighted by atomic mass is 35.5. The Bertz CT molecular complexity index is 655. The maximum Gasteiger partial charge on any atom is 0.0897 e. The van der Waals surface area contributed by atoms with Crippen LogP contribution in [0, 0.1) is 19.8 Å². The van der Waals surface area contributed by atoms with Gasteiger partial charge in [-0.25, -0.2) is 4.98 Å². The van der Waals surface area contributed by atoms with E-state index in [4.69, 9.17) is 17.3 Å². The summed E-state index contributed by atoms with van der Waals surface area (Å²) in [5, 5.41) is 4.17. The lowest BCUT2D eigenvalue weighted by Gasteiger charge is -2.16. The first-order chi connectivity index (χ1) is 10.6. The van der Waals surface area contributed by atoms with Crippen LogP contribution in [0.2, 0.25) is 5.02 Å². The number of likely N-dealkylation sites (tertiary alicyclic amines) is 1. The standard InChI is InChI=1S/C17H22ClN3S/c1-11-3-4-13(16(18)5-11)7-21-8-14(6-19)15(9-21)17-10-22-12(2)20-17/h3-5,10,14-15H,6-9,19H2,1-2H3/t14-,15-/m1/s1. The van der Waals surface area contributed by atoms with Crippen LogP contribution in [0.1, 0.15) is 27.7 Å². The Morgan fingerprint density at radius 3 is 2.82 bits per heavy atom. The van der Waals surface area contributed by atoms with Crippen molar-refractivity contribution >= 4 is 22.9 Å². The number of thiazole rings is 1. The largest absolute Gasteiger partial charge is 0.330 e. The number of aromatic nitrogens is 1. The molecule has 0 bridgehead atoms. The Morgan fingerprint density at radius 2 is 2.18 bits per heavy atom. The van der Waals surface area contributed by atoms with Gasteiger partial charge in [0.05, 0.1) is 10.7 Å². The molecule has 1 saturated heterocycles. The molecule has 0 radical (unpaired) electrons. The first-order valence-electron chi connectivity index (χ1n) is 7.66. The number of aryl methyl sites for hydroxylation is 2. The molecule has 1 fully saturated rings. The summed E-state index contributed by atoms with van der Waals surface area (Å²) >= 11 is 8.09. The van der Waals surface area contributed by atoms with Gasteiger partial charge in [-0.05, 0) is 43.5 Å². The van der Waals surface area contributed by atoms with Crippen LogP contribution in [0.3, 0.4) is 0 Å². The fraction of sp³-hybridized carbons (Fsp3) is 0.471. The van der Waals surface area contributed by atoms with Crippen molar-refractivity contribution < 1.29 is 0 Å². The number of halogens is 1. The average molecular weight is 336 g/mol. The third-order valence-electron chi connectivity index (χ3n) is 4.44. The molecule has 1 aromatic carbocycles. The zero-order valence-electron chi connectivity index (χ0n) is 13.1. The SMILES string of the molecule is Cc1ccc(CN2C[C@@H](CN)[C@H](c3csc(C)n3)C2)c(Cl)c1. The summed E-state index contributed by atoms with van der Waals surface area (Å²) in [7, 11) is 0. The van der Waals surface area contributed by atoms with Gasteiger partial charge in [-0.2, -0.15) is 0 Å². The Hall–Kier alpha value is -0.940. The van der Waals surface area contributed by atoms with Crippen molar-refractivity contribution in [3.8, 4) is 0 Å². The minimum Gasteiger partial charge on any atom is -0.330 e. The number of rotatable bonds is 4. The number of nitrogens with zero attached hydrogens (tertiary/aromatic N) is 2. The van der Waals surface area contributed by atoms with Gasteiger partial charge < -0.3 is 5.73 Å². The molecule has 118 valence electrons. The van der Waals surface area contributed by atoms with E-state index in [1.165, 1.54) is 16.8 Å². The summed E-state index contributed by atoms with van der Waals surface area (Å²) in [6.45, 7) is 7.74. The Labute approximate surface area is 141 Å². The molecule has 0 amide bonds. The Balaban J connectivity index is 1.74. The van der Waals surface area contributed by atoms with Crippen LogP contribution < -0.4 is 5.73 Å². The smallest absolute Gasteiger partial charge is 0.0897 e. The third kappa shape index (κ3) is 3.35. The van der Waals surface area contributed by atoms with Crippen molar-refractivity contribution in [2.45, 2.75) is 26.3 Å². The van der Waals surface area contributed by atoms with E-state index in [-0.39, 0.29) is 0 Å². The van der Waals surface area contributed by atoms with Gasteiger partial charge in [-0.1, -0.05) is 23.7 Å². The lowest BCUT2D eigenvalue weighted by molar-refractivity contribution is 0.317. The summed E-state index contributed by atoms with van der Waals surface area (Å²) in [5.74, 6) is 0.921. The fourth-order valence-corrected chi connectivity index (χ4v) is 4.21. The van der Waals surface area contributed by atoms with Gasteiger partial charge in [-0.15, -0.1) is 11.3 Å². The van der Waals surface area contributed by atoms with Gasteiger partial charge in [-0.3, -0.25) is 4.90 Å². The minimum atomic E-state index is 0.444. The van der Waals surface area contributed by atoms with E-state index in [0.717, 1.165) is 29.7 Å². The number of hydrogen-bond acceptors (Lipinski definition) is 4. The number of nitrogens with two attached hydrogens (primary N) is 1. The molecule has 2 atom stereocenters. The van der Waals surface area contributed by atoms with Crippen LogP contribution >= 0.6 is 22.9 Å². The van der Waals surface area contributed by atoms with Crippen molar-refractivity contribution in [3.63, 3.8) is 0 Å². The van der Waals surface area contributed by atoms with Crippen molar-refractivity contribution in [3.05, 3.63) is 50.4 Å². The first-order valence-corrected chi connectivity index (χ1v) is 8.92. The molecule has 2 N–H and O–H groups in total. The normalized spacial score (nSPS) is 22.4. The number of hydrogen-bond donors (Lipinski definition) is 1. The van der Waals surface area contributed by atoms with E-state index >= 15 is 0 Å². The summed E-state index contributed by atoms with van der Waals surface area (Å²) in [6, 6.07) is 6.29. The molecule has 22 heavy (non-hydrogen) atoms. The molecule has 1 aliphatic rings. The molecule has 1 aromatic heterocycles. The molecule has 0 aliphatic carbocycles. The van der Waals surface area contributed by atoms with Crippen LogP contribution in [-0.4, -0.2) is 29.5 Å². The van der Waals surface area contributed by atoms with Crippen molar-refractivity contribution in [1.82, 2.24) is 9.88 Å². The zero-order valence-corrected chi connectivity index (χ0v) is 14.6. The van der Waals surface area contributed by atoms with E-state index in [0.29, 0.717) is 18.4 Å². The van der Waals surface area contributed by atoms with Gasteiger partial charge in [0, 0.05) is 36.0 Å². The second kappa shape index (κ2) is 6.67. The maximum atomic E-state index is 6.37. The zero-order chi connectivity index (χ0) is 15.7. The van der Waals surface area contributed by atoms with Gasteiger partial charge in [0.25, 0.3) is 0 Å². The molecule has 1 aliphatic heterocycles. The second-order valence-electron chi connectivity index (χ2n) is 6.18. The van der Waals surface area contributed by atoms with Gasteiger partial charge in [0.15, 0.2) is 0 Å². The highest BCUT2D eigenvalue weighted by Gasteiger charge is 2.34. The lowest BCUT2D eigenvalue weighted by Crippen LogP contribution is -2.23. The summed E-state index contributed by atoms with van der Waals surface area (Å²) in [5.41, 5.74) is 9.59. The van der Waals surface area contributed by atoms with Crippen LogP contribution in [0.15, 0.2) is 23.6 Å². The van der Waals surface area contributed by atoms with Crippen molar-refractivity contribution in [2.24, 2.45) is 11.7 Å². The summed E-state index contributed by atoms with van der Waals surface area (Å²) in [4.78, 5) is 7.12. The van der Waals surface area contributed by atoms with Crippen LogP contribution in [0.25, 0.3) is 0 Å². The average Bonchev–Trinajstić information content (AvgIpc) is 3.08. The highest BCUT2D eigenvalue weighted by Crippen LogP contribution is 2.34. The minimum absolute atomic E-state index is 0.444. The molecule has 0 unspecified atom stereocenters. The first kappa shape index (κ1) is 15.9. The summed E-state index contributed by atoms with van der Waals surface area (Å²) in [6.07, 6.45) is 0. The van der Waals surface area contributed by atoms with E-state index in [1.54, 1.807) is 11.3 Å². The van der Waals surface area contributed by atoms with E-state index in [1.807, 2.05) is 6.07 Å². The van der Waals surface area contributed by atoms with Crippen LogP contribution in [-0.2, 0) is 6.54 Å². The molecule has 3 nitrogen and oxygen atoms in total. The monoisotopic (exact) mass is 335 g/mol. The van der Waals surface area contributed by atoms with Gasteiger partial charge in [0.2, 0.25) is 0 Å². The maximum absolute atomic E-state index is 6.37. The quantitative estimate of drug-likeness (QED) is 0.928. The topological polar surface area (TPSA) is 42.1 Å². The van der Waals surface area contributed by atoms with Crippen LogP contribution in [0.5, 0.6) is 0 Å². The number of benzene rings is 1. The Kier molecular flexibility index (Phi) is 4.83. The molecular formula is C17H22ClN3S. The second-order valence-corrected chi connectivity index (χ2v) is 7.65. The third-order valence-corrected chi connectivity index (χ3v) is 5.58. The molecule has 0 spiro atoms. The summed E-state index contributed by atoms with van der Waals surface area (Å²) < 4.78 is 0. The Morgan fingerprint density at radius 1 is 1.36 bits per heavy atom. The predicted octanol–water partition coefficient (Wildman–Crippen LogP) is 3.59. The molecule has 0 saturated carbocycles. The van der Waals surface area contributed by atoms with Crippen molar-refractivity contribution in [1.29, 1.82) is 0 Å². The molecule has 5 heteroatoms. The molecular weight excluding hydrogens is 314 g/mol. The molecule has 2 heterocycles. The lowest BCUT2D eigenvalue weighted by atomic mass is 9.94. The van der Waals surface area contributed by atoms with E-state index < -0.39 is 0 Å². The fourth-order valence-electron chi connectivity index (χ4n) is 3.24. The predicted molar refractivity (Wildman–Crippen MR) is 93.6 cm³/mol. The van der Waals surface area contributed by atoms with E-state index in [2.05, 4.69) is 41.2 Å². The van der Waals surface area contributed by atoms with Gasteiger partial charge >= 0.3 is 0 Å². The molecule has 3 rings (SSSR count). The van der Waals surface area contributed by atoms with Crippen molar-refractivity contribution in [2.75, 3.05) is 19.6 Å². The van der Waals surface area contributed by atoms with E-state index in [9.17, 15) is 0 Å².